The van der Waals surface area contributed by atoms with Gasteiger partial charge in [0.1, 0.15) is 0 Å². The van der Waals surface area contributed by atoms with E-state index in [1.807, 2.05) is 36.9 Å². The Balaban J connectivity index is 1.89. The van der Waals surface area contributed by atoms with Crippen molar-refractivity contribution in [2.24, 2.45) is 11.3 Å². The molecule has 1 saturated heterocycles. The summed E-state index contributed by atoms with van der Waals surface area (Å²) in [6, 6.07) is 8.02. The molecule has 1 fully saturated rings. The van der Waals surface area contributed by atoms with Crippen LogP contribution < -0.4 is 0 Å². The number of carbonyl (C=O) groups excluding carboxylic acids is 1. The zero-order valence-electron chi connectivity index (χ0n) is 14.7. The van der Waals surface area contributed by atoms with Gasteiger partial charge in [0.15, 0.2) is 0 Å². The summed E-state index contributed by atoms with van der Waals surface area (Å²) in [6.07, 6.45) is 2.45. The van der Waals surface area contributed by atoms with Gasteiger partial charge in [0, 0.05) is 35.5 Å². The van der Waals surface area contributed by atoms with Crippen LogP contribution in [-0.2, 0) is 16.0 Å². The summed E-state index contributed by atoms with van der Waals surface area (Å²) in [5.74, 6) is -0.702. The number of carboxylic acid groups (broad SMARTS) is 1. The van der Waals surface area contributed by atoms with Crippen LogP contribution in [0.3, 0.4) is 0 Å². The van der Waals surface area contributed by atoms with Crippen molar-refractivity contribution >= 4 is 22.8 Å². The number of amides is 1. The first-order valence-corrected chi connectivity index (χ1v) is 9.09. The molecule has 0 saturated carbocycles. The minimum absolute atomic E-state index is 0.0835. The summed E-state index contributed by atoms with van der Waals surface area (Å²) in [7, 11) is 0. The average Bonchev–Trinajstić information content (AvgIpc) is 3.00. The predicted octanol–water partition coefficient (Wildman–Crippen LogP) is 3.50. The fraction of sp³-hybridized carbons (Fsp3) is 0.500. The number of carboxylic acids is 1. The average molecular weight is 340 g/mol. The summed E-state index contributed by atoms with van der Waals surface area (Å²) in [5, 5.41) is 11.1. The molecule has 25 heavy (non-hydrogen) atoms. The third-order valence-electron chi connectivity index (χ3n) is 6.49. The van der Waals surface area contributed by atoms with E-state index in [0.717, 1.165) is 17.6 Å². The molecule has 2 aliphatic heterocycles. The number of hydrogen-bond acceptors (Lipinski definition) is 2. The second-order valence-electron chi connectivity index (χ2n) is 7.57. The van der Waals surface area contributed by atoms with E-state index in [1.165, 1.54) is 10.9 Å². The standard InChI is InChI=1S/C20H24N2O3/c1-3-20(2,19(24)25)14-8-9-16(23)22-11-10-13-12-6-4-5-7-15(12)21-17(13)18(14)22/h4-7,14,18,21H,3,8-11H2,1-2H3,(H,24,25)/t14-,18+,20?/m1/s1. The highest BCUT2D eigenvalue weighted by atomic mass is 16.4. The first kappa shape index (κ1) is 16.2. The Hall–Kier alpha value is -2.30. The van der Waals surface area contributed by atoms with Gasteiger partial charge in [0.25, 0.3) is 0 Å². The largest absolute Gasteiger partial charge is 0.481 e. The fourth-order valence-electron chi connectivity index (χ4n) is 4.79. The van der Waals surface area contributed by atoms with Gasteiger partial charge >= 0.3 is 5.97 Å². The Bertz CT molecular complexity index is 856. The molecule has 3 atom stereocenters. The number of benzene rings is 1. The SMILES string of the molecule is CCC(C)(C(=O)O)[C@@H]1CCC(=O)N2CCc3c([nH]c4ccccc34)[C@H]12. The van der Waals surface area contributed by atoms with Crippen molar-refractivity contribution in [3.05, 3.63) is 35.5 Å². The van der Waals surface area contributed by atoms with Gasteiger partial charge < -0.3 is 15.0 Å². The summed E-state index contributed by atoms with van der Waals surface area (Å²) in [4.78, 5) is 30.1. The van der Waals surface area contributed by atoms with Crippen molar-refractivity contribution < 1.29 is 14.7 Å². The highest BCUT2D eigenvalue weighted by Gasteiger charge is 2.51. The summed E-state index contributed by atoms with van der Waals surface area (Å²) < 4.78 is 0. The number of nitrogens with one attached hydrogen (secondary N) is 1. The fourth-order valence-corrected chi connectivity index (χ4v) is 4.79. The zero-order valence-corrected chi connectivity index (χ0v) is 14.7. The molecule has 1 aromatic heterocycles. The van der Waals surface area contributed by atoms with Crippen molar-refractivity contribution in [1.29, 1.82) is 0 Å². The highest BCUT2D eigenvalue weighted by Crippen LogP contribution is 2.50. The molecule has 132 valence electrons. The Kier molecular flexibility index (Phi) is 3.63. The number of aromatic nitrogens is 1. The maximum Gasteiger partial charge on any atom is 0.309 e. The maximum atomic E-state index is 12.5. The molecule has 2 aromatic rings. The Labute approximate surface area is 147 Å². The quantitative estimate of drug-likeness (QED) is 0.898. The van der Waals surface area contributed by atoms with Crippen molar-refractivity contribution in [2.45, 2.75) is 45.6 Å². The van der Waals surface area contributed by atoms with Crippen LogP contribution >= 0.6 is 0 Å². The molecule has 0 radical (unpaired) electrons. The molecule has 2 N–H and O–H groups in total. The van der Waals surface area contributed by atoms with Crippen LogP contribution in [0.1, 0.15) is 50.4 Å². The summed E-state index contributed by atoms with van der Waals surface area (Å²) in [6.45, 7) is 4.45. The van der Waals surface area contributed by atoms with Gasteiger partial charge in [-0.2, -0.15) is 0 Å². The van der Waals surface area contributed by atoms with Gasteiger partial charge in [0.05, 0.1) is 11.5 Å². The van der Waals surface area contributed by atoms with E-state index >= 15 is 0 Å². The molecule has 0 aliphatic carbocycles. The lowest BCUT2D eigenvalue weighted by atomic mass is 9.65. The van der Waals surface area contributed by atoms with Crippen molar-refractivity contribution in [3.63, 3.8) is 0 Å². The predicted molar refractivity (Wildman–Crippen MR) is 95.2 cm³/mol. The smallest absolute Gasteiger partial charge is 0.309 e. The number of aromatic amines is 1. The van der Waals surface area contributed by atoms with Gasteiger partial charge in [-0.05, 0) is 37.8 Å². The number of carbonyl (C=O) groups is 2. The van der Waals surface area contributed by atoms with Gasteiger partial charge in [-0.25, -0.2) is 0 Å². The lowest BCUT2D eigenvalue weighted by molar-refractivity contribution is -0.160. The Morgan fingerprint density at radius 3 is 2.84 bits per heavy atom. The van der Waals surface area contributed by atoms with Crippen LogP contribution in [0.25, 0.3) is 10.9 Å². The molecule has 0 spiro atoms. The van der Waals surface area contributed by atoms with E-state index in [2.05, 4.69) is 11.1 Å². The van der Waals surface area contributed by atoms with E-state index in [-0.39, 0.29) is 17.9 Å². The van der Waals surface area contributed by atoms with Crippen LogP contribution in [0.2, 0.25) is 0 Å². The minimum Gasteiger partial charge on any atom is -0.481 e. The number of para-hydroxylation sites is 1. The second kappa shape index (κ2) is 5.61. The van der Waals surface area contributed by atoms with Crippen molar-refractivity contribution in [2.75, 3.05) is 6.54 Å². The maximum absolute atomic E-state index is 12.5. The van der Waals surface area contributed by atoms with Crippen LogP contribution in [0.15, 0.2) is 24.3 Å². The molecule has 1 amide bonds. The lowest BCUT2D eigenvalue weighted by Gasteiger charge is -2.49. The van der Waals surface area contributed by atoms with Crippen molar-refractivity contribution in [1.82, 2.24) is 9.88 Å². The summed E-state index contributed by atoms with van der Waals surface area (Å²) in [5.41, 5.74) is 2.53. The number of H-pyrrole nitrogens is 1. The topological polar surface area (TPSA) is 73.4 Å². The van der Waals surface area contributed by atoms with Crippen LogP contribution in [-0.4, -0.2) is 33.4 Å². The number of rotatable bonds is 3. The lowest BCUT2D eigenvalue weighted by Crippen LogP contribution is -2.52. The third kappa shape index (κ3) is 2.21. The van der Waals surface area contributed by atoms with Crippen LogP contribution in [0.4, 0.5) is 0 Å². The first-order chi connectivity index (χ1) is 12.0. The number of fused-ring (bicyclic) bond motifs is 5. The zero-order chi connectivity index (χ0) is 17.8. The molecule has 5 heteroatoms. The number of hydrogen-bond donors (Lipinski definition) is 2. The first-order valence-electron chi connectivity index (χ1n) is 9.09. The highest BCUT2D eigenvalue weighted by molar-refractivity contribution is 5.87. The van der Waals surface area contributed by atoms with Crippen molar-refractivity contribution in [3.8, 4) is 0 Å². The third-order valence-corrected chi connectivity index (χ3v) is 6.49. The van der Waals surface area contributed by atoms with E-state index in [0.29, 0.717) is 25.8 Å². The normalized spacial score (nSPS) is 25.4. The van der Waals surface area contributed by atoms with Gasteiger partial charge in [-0.1, -0.05) is 25.1 Å². The molecule has 2 aliphatic rings. The molecule has 4 rings (SSSR count). The molecule has 0 bridgehead atoms. The van der Waals surface area contributed by atoms with Crippen LogP contribution in [0.5, 0.6) is 0 Å². The van der Waals surface area contributed by atoms with E-state index in [9.17, 15) is 14.7 Å². The molecule has 5 nitrogen and oxygen atoms in total. The van der Waals surface area contributed by atoms with E-state index in [4.69, 9.17) is 0 Å². The number of nitrogens with zero attached hydrogens (tertiary/aromatic N) is 1. The Morgan fingerprint density at radius 1 is 1.36 bits per heavy atom. The van der Waals surface area contributed by atoms with Gasteiger partial charge in [-0.3, -0.25) is 9.59 Å². The molecule has 3 heterocycles. The van der Waals surface area contributed by atoms with Gasteiger partial charge in [-0.15, -0.1) is 0 Å². The van der Waals surface area contributed by atoms with Crippen LogP contribution in [0, 0.1) is 11.3 Å². The molecular formula is C20H24N2O3. The molecular weight excluding hydrogens is 316 g/mol. The molecule has 1 unspecified atom stereocenters. The molecule has 1 aromatic carbocycles. The number of piperidine rings is 1. The van der Waals surface area contributed by atoms with E-state index < -0.39 is 11.4 Å². The second-order valence-corrected chi connectivity index (χ2v) is 7.57. The van der Waals surface area contributed by atoms with Gasteiger partial charge in [0.2, 0.25) is 5.91 Å². The van der Waals surface area contributed by atoms with E-state index in [1.54, 1.807) is 0 Å². The summed E-state index contributed by atoms with van der Waals surface area (Å²) >= 11 is 0. The monoisotopic (exact) mass is 340 g/mol. The minimum atomic E-state index is -0.838. The Morgan fingerprint density at radius 2 is 2.12 bits per heavy atom. The number of aliphatic carboxylic acids is 1.